The zero-order valence-corrected chi connectivity index (χ0v) is 15.1. The van der Waals surface area contributed by atoms with Crippen LogP contribution in [0, 0.1) is 0 Å². The van der Waals surface area contributed by atoms with Gasteiger partial charge < -0.3 is 10.1 Å². The van der Waals surface area contributed by atoms with Crippen LogP contribution in [-0.4, -0.2) is 21.4 Å². The van der Waals surface area contributed by atoms with E-state index in [-0.39, 0.29) is 10.8 Å². The third kappa shape index (κ3) is 3.94. The van der Waals surface area contributed by atoms with Gasteiger partial charge >= 0.3 is 0 Å². The lowest BCUT2D eigenvalue weighted by molar-refractivity contribution is -0.114. The standard InChI is InChI=1S/C19H18N2O4S/c1-13(22)20-16-4-3-5-17(12-16)21-26(23,24)19-9-7-14-10-18(25-2)8-6-15(14)11-19/h3-12,21H,1-2H3,(H,20,22). The number of hydrogen-bond acceptors (Lipinski definition) is 4. The van der Waals surface area contributed by atoms with E-state index in [0.717, 1.165) is 10.8 Å². The second-order valence-corrected chi connectivity index (χ2v) is 7.42. The Morgan fingerprint density at radius 2 is 1.62 bits per heavy atom. The first kappa shape index (κ1) is 17.8. The van der Waals surface area contributed by atoms with Gasteiger partial charge in [-0.05, 0) is 53.2 Å². The molecule has 0 aromatic heterocycles. The number of carbonyl (C=O) groups excluding carboxylic acids is 1. The van der Waals surface area contributed by atoms with E-state index in [2.05, 4.69) is 10.0 Å². The van der Waals surface area contributed by atoms with Crippen LogP contribution in [0.5, 0.6) is 5.75 Å². The summed E-state index contributed by atoms with van der Waals surface area (Å²) in [7, 11) is -2.18. The summed E-state index contributed by atoms with van der Waals surface area (Å²) in [6, 6.07) is 16.8. The van der Waals surface area contributed by atoms with Gasteiger partial charge in [-0.1, -0.05) is 18.2 Å². The van der Waals surface area contributed by atoms with Gasteiger partial charge in [0.1, 0.15) is 5.75 Å². The molecular formula is C19H18N2O4S. The molecule has 0 radical (unpaired) electrons. The van der Waals surface area contributed by atoms with Crippen molar-refractivity contribution in [3.05, 3.63) is 60.7 Å². The highest BCUT2D eigenvalue weighted by Gasteiger charge is 2.15. The van der Waals surface area contributed by atoms with Crippen LogP contribution < -0.4 is 14.8 Å². The van der Waals surface area contributed by atoms with Gasteiger partial charge in [-0.15, -0.1) is 0 Å². The van der Waals surface area contributed by atoms with Crippen molar-refractivity contribution in [3.8, 4) is 5.75 Å². The van der Waals surface area contributed by atoms with Crippen molar-refractivity contribution in [2.75, 3.05) is 17.1 Å². The lowest BCUT2D eigenvalue weighted by atomic mass is 10.1. The summed E-state index contributed by atoms with van der Waals surface area (Å²) in [6.07, 6.45) is 0. The van der Waals surface area contributed by atoms with Crippen LogP contribution in [0.3, 0.4) is 0 Å². The fourth-order valence-electron chi connectivity index (χ4n) is 2.57. The maximum absolute atomic E-state index is 12.7. The number of sulfonamides is 1. The molecular weight excluding hydrogens is 352 g/mol. The highest BCUT2D eigenvalue weighted by molar-refractivity contribution is 7.92. The number of ether oxygens (including phenoxy) is 1. The first-order valence-electron chi connectivity index (χ1n) is 7.86. The number of fused-ring (bicyclic) bond motifs is 1. The van der Waals surface area contributed by atoms with Gasteiger partial charge in [-0.3, -0.25) is 9.52 Å². The normalized spacial score (nSPS) is 11.2. The molecule has 2 N–H and O–H groups in total. The monoisotopic (exact) mass is 370 g/mol. The Hall–Kier alpha value is -3.06. The van der Waals surface area contributed by atoms with Crippen LogP contribution in [-0.2, 0) is 14.8 Å². The molecule has 134 valence electrons. The van der Waals surface area contributed by atoms with Gasteiger partial charge in [0.05, 0.1) is 17.7 Å². The quantitative estimate of drug-likeness (QED) is 0.719. The van der Waals surface area contributed by atoms with Gasteiger partial charge in [0.15, 0.2) is 0 Å². The average molecular weight is 370 g/mol. The minimum Gasteiger partial charge on any atom is -0.497 e. The molecule has 1 amide bonds. The van der Waals surface area contributed by atoms with E-state index in [1.807, 2.05) is 12.1 Å². The summed E-state index contributed by atoms with van der Waals surface area (Å²) in [6.45, 7) is 1.39. The van der Waals surface area contributed by atoms with Gasteiger partial charge in [-0.25, -0.2) is 8.42 Å². The fourth-order valence-corrected chi connectivity index (χ4v) is 3.66. The maximum atomic E-state index is 12.7. The summed E-state index contributed by atoms with van der Waals surface area (Å²) in [5, 5.41) is 4.30. The van der Waals surface area contributed by atoms with Crippen LogP contribution in [0.2, 0.25) is 0 Å². The van der Waals surface area contributed by atoms with Crippen molar-refractivity contribution in [2.24, 2.45) is 0 Å². The Balaban J connectivity index is 1.90. The predicted octanol–water partition coefficient (Wildman–Crippen LogP) is 3.61. The minimum absolute atomic E-state index is 0.153. The smallest absolute Gasteiger partial charge is 0.261 e. The molecule has 0 bridgehead atoms. The van der Waals surface area contributed by atoms with Crippen LogP contribution in [0.15, 0.2) is 65.6 Å². The third-order valence-electron chi connectivity index (χ3n) is 3.76. The molecule has 6 nitrogen and oxygen atoms in total. The van der Waals surface area contributed by atoms with Gasteiger partial charge in [0, 0.05) is 12.6 Å². The van der Waals surface area contributed by atoms with Crippen molar-refractivity contribution >= 4 is 38.1 Å². The molecule has 0 heterocycles. The van der Waals surface area contributed by atoms with Gasteiger partial charge in [0.2, 0.25) is 5.91 Å². The molecule has 3 aromatic rings. The van der Waals surface area contributed by atoms with E-state index < -0.39 is 10.0 Å². The van der Waals surface area contributed by atoms with Crippen LogP contribution in [0.4, 0.5) is 11.4 Å². The molecule has 3 aromatic carbocycles. The second kappa shape index (κ2) is 7.05. The topological polar surface area (TPSA) is 84.5 Å². The van der Waals surface area contributed by atoms with Crippen LogP contribution in [0.1, 0.15) is 6.92 Å². The first-order chi connectivity index (χ1) is 12.4. The molecule has 0 atom stereocenters. The minimum atomic E-state index is -3.76. The molecule has 26 heavy (non-hydrogen) atoms. The SMILES string of the molecule is COc1ccc2cc(S(=O)(=O)Nc3cccc(NC(C)=O)c3)ccc2c1. The predicted molar refractivity (Wildman–Crippen MR) is 102 cm³/mol. The zero-order chi connectivity index (χ0) is 18.7. The molecule has 0 unspecified atom stereocenters. The molecule has 0 fully saturated rings. The lowest BCUT2D eigenvalue weighted by Crippen LogP contribution is -2.13. The van der Waals surface area contributed by atoms with E-state index in [4.69, 9.17) is 4.74 Å². The highest BCUT2D eigenvalue weighted by Crippen LogP contribution is 2.25. The summed E-state index contributed by atoms with van der Waals surface area (Å²) in [5.74, 6) is 0.482. The number of benzene rings is 3. The Bertz CT molecular complexity index is 1080. The van der Waals surface area contributed by atoms with Crippen molar-refractivity contribution < 1.29 is 17.9 Å². The first-order valence-corrected chi connectivity index (χ1v) is 9.34. The largest absolute Gasteiger partial charge is 0.497 e. The lowest BCUT2D eigenvalue weighted by Gasteiger charge is -2.11. The number of methoxy groups -OCH3 is 1. The number of anilines is 2. The van der Waals surface area contributed by atoms with Crippen molar-refractivity contribution in [2.45, 2.75) is 11.8 Å². The summed E-state index contributed by atoms with van der Waals surface area (Å²) < 4.78 is 33.1. The maximum Gasteiger partial charge on any atom is 0.261 e. The van der Waals surface area contributed by atoms with Gasteiger partial charge in [-0.2, -0.15) is 0 Å². The number of hydrogen-bond donors (Lipinski definition) is 2. The summed E-state index contributed by atoms with van der Waals surface area (Å²) >= 11 is 0. The summed E-state index contributed by atoms with van der Waals surface area (Å²) in [5.41, 5.74) is 0.884. The Labute approximate surface area is 151 Å². The average Bonchev–Trinajstić information content (AvgIpc) is 2.60. The molecule has 0 spiro atoms. The van der Waals surface area contributed by atoms with E-state index >= 15 is 0 Å². The molecule has 7 heteroatoms. The van der Waals surface area contributed by atoms with Crippen molar-refractivity contribution in [1.82, 2.24) is 0 Å². The third-order valence-corrected chi connectivity index (χ3v) is 5.14. The molecule has 3 rings (SSSR count). The molecule has 0 saturated heterocycles. The van der Waals surface area contributed by atoms with Crippen LogP contribution >= 0.6 is 0 Å². The number of rotatable bonds is 5. The van der Waals surface area contributed by atoms with Crippen molar-refractivity contribution in [1.29, 1.82) is 0 Å². The summed E-state index contributed by atoms with van der Waals surface area (Å²) in [4.78, 5) is 11.3. The van der Waals surface area contributed by atoms with E-state index in [9.17, 15) is 13.2 Å². The van der Waals surface area contributed by atoms with E-state index in [0.29, 0.717) is 17.1 Å². The molecule has 0 aliphatic rings. The van der Waals surface area contributed by atoms with Crippen molar-refractivity contribution in [3.63, 3.8) is 0 Å². The number of nitrogens with one attached hydrogen (secondary N) is 2. The zero-order valence-electron chi connectivity index (χ0n) is 14.3. The number of amides is 1. The molecule has 0 aliphatic carbocycles. The fraction of sp³-hybridized carbons (Fsp3) is 0.105. The molecule has 0 saturated carbocycles. The molecule has 0 aliphatic heterocycles. The van der Waals surface area contributed by atoms with E-state index in [1.54, 1.807) is 55.6 Å². The highest BCUT2D eigenvalue weighted by atomic mass is 32.2. The van der Waals surface area contributed by atoms with Gasteiger partial charge in [0.25, 0.3) is 10.0 Å². The van der Waals surface area contributed by atoms with E-state index in [1.165, 1.54) is 6.92 Å². The Kier molecular flexibility index (Phi) is 4.81. The number of carbonyl (C=O) groups is 1. The second-order valence-electron chi connectivity index (χ2n) is 5.74. The van der Waals surface area contributed by atoms with Crippen LogP contribution in [0.25, 0.3) is 10.8 Å². The Morgan fingerprint density at radius 1 is 0.923 bits per heavy atom. The Morgan fingerprint density at radius 3 is 2.35 bits per heavy atom.